The molecule has 32 heavy (non-hydrogen) atoms. The SMILES string of the molecule is C=CCn1c(SCC(=O)Nc2sc3c(c2C(=O)OC)CCCCC3)nnc1-c1ccco1. The van der Waals surface area contributed by atoms with Gasteiger partial charge in [-0.15, -0.1) is 28.1 Å². The van der Waals surface area contributed by atoms with Crippen molar-refractivity contribution in [1.82, 2.24) is 14.8 Å². The Morgan fingerprint density at radius 2 is 2.19 bits per heavy atom. The predicted molar refractivity (Wildman–Crippen MR) is 124 cm³/mol. The zero-order chi connectivity index (χ0) is 22.5. The quantitative estimate of drug-likeness (QED) is 0.222. The second kappa shape index (κ2) is 10.2. The van der Waals surface area contributed by atoms with E-state index >= 15 is 0 Å². The van der Waals surface area contributed by atoms with E-state index in [4.69, 9.17) is 9.15 Å². The lowest BCUT2D eigenvalue weighted by atomic mass is 10.1. The summed E-state index contributed by atoms with van der Waals surface area (Å²) in [5, 5.41) is 12.5. The van der Waals surface area contributed by atoms with Gasteiger partial charge in [0.15, 0.2) is 10.9 Å². The van der Waals surface area contributed by atoms with Crippen molar-refractivity contribution in [2.45, 2.75) is 43.8 Å². The van der Waals surface area contributed by atoms with Gasteiger partial charge in [0.25, 0.3) is 0 Å². The molecule has 0 fully saturated rings. The van der Waals surface area contributed by atoms with E-state index in [1.807, 2.05) is 4.57 Å². The molecule has 8 nitrogen and oxygen atoms in total. The first kappa shape index (κ1) is 22.3. The average molecular weight is 473 g/mol. The van der Waals surface area contributed by atoms with Crippen LogP contribution in [0.3, 0.4) is 0 Å². The summed E-state index contributed by atoms with van der Waals surface area (Å²) in [6.07, 6.45) is 8.34. The third-order valence-corrected chi connectivity index (χ3v) is 7.34. The van der Waals surface area contributed by atoms with Crippen molar-refractivity contribution < 1.29 is 18.7 Å². The van der Waals surface area contributed by atoms with Gasteiger partial charge in [0.1, 0.15) is 5.00 Å². The molecule has 3 heterocycles. The van der Waals surface area contributed by atoms with Crippen LogP contribution in [0.1, 0.15) is 40.1 Å². The summed E-state index contributed by atoms with van der Waals surface area (Å²) >= 11 is 2.75. The zero-order valence-electron chi connectivity index (χ0n) is 17.8. The molecule has 1 aliphatic carbocycles. The van der Waals surface area contributed by atoms with Gasteiger partial charge in [-0.05, 0) is 43.4 Å². The molecular formula is C22H24N4O4S2. The van der Waals surface area contributed by atoms with Crippen molar-refractivity contribution in [2.24, 2.45) is 0 Å². The van der Waals surface area contributed by atoms with Crippen LogP contribution >= 0.6 is 23.1 Å². The maximum Gasteiger partial charge on any atom is 0.341 e. The Hall–Kier alpha value is -2.85. The Morgan fingerprint density at radius 1 is 1.34 bits per heavy atom. The number of nitrogens with zero attached hydrogens (tertiary/aromatic N) is 3. The molecule has 0 radical (unpaired) electrons. The molecule has 3 aromatic rings. The molecule has 0 aromatic carbocycles. The van der Waals surface area contributed by atoms with Gasteiger partial charge < -0.3 is 14.5 Å². The van der Waals surface area contributed by atoms with Crippen LogP contribution in [0, 0.1) is 0 Å². The number of rotatable bonds is 8. The number of esters is 1. The second-order valence-electron chi connectivity index (χ2n) is 7.28. The number of fused-ring (bicyclic) bond motifs is 1. The second-order valence-corrected chi connectivity index (χ2v) is 9.33. The maximum absolute atomic E-state index is 12.8. The van der Waals surface area contributed by atoms with E-state index in [1.165, 1.54) is 35.1 Å². The highest BCUT2D eigenvalue weighted by Crippen LogP contribution is 2.38. The van der Waals surface area contributed by atoms with Gasteiger partial charge in [0.05, 0.1) is 24.7 Å². The fraction of sp³-hybridized carbons (Fsp3) is 0.364. The summed E-state index contributed by atoms with van der Waals surface area (Å²) < 4.78 is 12.3. The van der Waals surface area contributed by atoms with Crippen molar-refractivity contribution in [3.05, 3.63) is 47.1 Å². The summed E-state index contributed by atoms with van der Waals surface area (Å²) in [7, 11) is 1.37. The molecule has 0 spiro atoms. The minimum absolute atomic E-state index is 0.122. The van der Waals surface area contributed by atoms with Gasteiger partial charge in [-0.1, -0.05) is 24.3 Å². The molecule has 0 saturated carbocycles. The number of methoxy groups -OCH3 is 1. The molecule has 0 unspecified atom stereocenters. The molecule has 10 heteroatoms. The Balaban J connectivity index is 1.49. The molecule has 3 aromatic heterocycles. The van der Waals surface area contributed by atoms with Gasteiger partial charge >= 0.3 is 5.97 Å². The van der Waals surface area contributed by atoms with Crippen LogP contribution in [0.5, 0.6) is 0 Å². The van der Waals surface area contributed by atoms with Crippen molar-refractivity contribution in [1.29, 1.82) is 0 Å². The average Bonchev–Trinajstić information content (AvgIpc) is 3.48. The van der Waals surface area contributed by atoms with Crippen LogP contribution in [0.15, 0.2) is 40.6 Å². The first-order valence-electron chi connectivity index (χ1n) is 10.4. The Kier molecular flexibility index (Phi) is 7.11. The number of amides is 1. The number of anilines is 1. The molecule has 0 saturated heterocycles. The molecule has 0 bridgehead atoms. The summed E-state index contributed by atoms with van der Waals surface area (Å²) in [6, 6.07) is 3.59. The predicted octanol–water partition coefficient (Wildman–Crippen LogP) is 4.57. The number of carbonyl (C=O) groups excluding carboxylic acids is 2. The van der Waals surface area contributed by atoms with E-state index in [1.54, 1.807) is 24.5 Å². The highest BCUT2D eigenvalue weighted by atomic mass is 32.2. The summed E-state index contributed by atoms with van der Waals surface area (Å²) in [5.74, 6) is 0.674. The number of aromatic nitrogens is 3. The van der Waals surface area contributed by atoms with Gasteiger partial charge in [-0.2, -0.15) is 0 Å². The first-order valence-corrected chi connectivity index (χ1v) is 12.2. The van der Waals surface area contributed by atoms with Crippen LogP contribution in [0.25, 0.3) is 11.6 Å². The third kappa shape index (κ3) is 4.66. The molecule has 0 atom stereocenters. The maximum atomic E-state index is 12.8. The van der Waals surface area contributed by atoms with Crippen LogP contribution in [-0.2, 0) is 28.9 Å². The lowest BCUT2D eigenvalue weighted by Gasteiger charge is -2.08. The van der Waals surface area contributed by atoms with Gasteiger partial charge in [0.2, 0.25) is 11.7 Å². The number of thioether (sulfide) groups is 1. The summed E-state index contributed by atoms with van der Waals surface area (Å²) in [4.78, 5) is 26.4. The standard InChI is InChI=1S/C22H24N4O4S2/c1-3-11-26-19(15-9-7-12-30-15)24-25-22(26)31-13-17(27)23-20-18(21(28)29-2)14-8-5-4-6-10-16(14)32-20/h3,7,9,12H,1,4-6,8,10-11,13H2,2H3,(H,23,27). The van der Waals surface area contributed by atoms with E-state index in [0.29, 0.717) is 33.9 Å². The van der Waals surface area contributed by atoms with E-state index in [2.05, 4.69) is 22.1 Å². The van der Waals surface area contributed by atoms with Crippen LogP contribution in [0.2, 0.25) is 0 Å². The third-order valence-electron chi connectivity index (χ3n) is 5.17. The lowest BCUT2D eigenvalue weighted by molar-refractivity contribution is -0.113. The Labute approximate surface area is 194 Å². The molecule has 1 amide bonds. The number of nitrogens with one attached hydrogen (secondary N) is 1. The number of thiophene rings is 1. The Morgan fingerprint density at radius 3 is 2.94 bits per heavy atom. The van der Waals surface area contributed by atoms with Crippen molar-refractivity contribution in [3.8, 4) is 11.6 Å². The molecule has 1 N–H and O–H groups in total. The van der Waals surface area contributed by atoms with E-state index in [-0.39, 0.29) is 11.7 Å². The van der Waals surface area contributed by atoms with Gasteiger partial charge in [0, 0.05) is 11.4 Å². The largest absolute Gasteiger partial charge is 0.465 e. The molecule has 168 valence electrons. The van der Waals surface area contributed by atoms with Crippen molar-refractivity contribution in [3.63, 3.8) is 0 Å². The van der Waals surface area contributed by atoms with E-state index in [0.717, 1.165) is 37.7 Å². The summed E-state index contributed by atoms with van der Waals surface area (Å²) in [6.45, 7) is 4.27. The highest BCUT2D eigenvalue weighted by molar-refractivity contribution is 7.99. The topological polar surface area (TPSA) is 99.2 Å². The number of hydrogen-bond acceptors (Lipinski definition) is 8. The van der Waals surface area contributed by atoms with Crippen LogP contribution < -0.4 is 5.32 Å². The monoisotopic (exact) mass is 472 g/mol. The lowest BCUT2D eigenvalue weighted by Crippen LogP contribution is -2.16. The van der Waals surface area contributed by atoms with Crippen molar-refractivity contribution >= 4 is 40.0 Å². The molecule has 1 aliphatic rings. The normalized spacial score (nSPS) is 13.3. The first-order chi connectivity index (χ1) is 15.6. The molecule has 0 aliphatic heterocycles. The van der Waals surface area contributed by atoms with Crippen molar-refractivity contribution in [2.75, 3.05) is 18.2 Å². The smallest absolute Gasteiger partial charge is 0.341 e. The van der Waals surface area contributed by atoms with Gasteiger partial charge in [-0.3, -0.25) is 9.36 Å². The number of aryl methyl sites for hydroxylation is 1. The molecular weight excluding hydrogens is 448 g/mol. The van der Waals surface area contributed by atoms with E-state index < -0.39 is 5.97 Å². The Bertz CT molecular complexity index is 1120. The minimum Gasteiger partial charge on any atom is -0.465 e. The number of hydrogen-bond donors (Lipinski definition) is 1. The summed E-state index contributed by atoms with van der Waals surface area (Å²) in [5.41, 5.74) is 1.53. The van der Waals surface area contributed by atoms with Gasteiger partial charge in [-0.25, -0.2) is 4.79 Å². The molecule has 4 rings (SSSR count). The fourth-order valence-corrected chi connectivity index (χ4v) is 5.76. The van der Waals surface area contributed by atoms with Crippen LogP contribution in [0.4, 0.5) is 5.00 Å². The number of ether oxygens (including phenoxy) is 1. The minimum atomic E-state index is -0.402. The van der Waals surface area contributed by atoms with E-state index in [9.17, 15) is 9.59 Å². The number of allylic oxidation sites excluding steroid dienone is 1. The zero-order valence-corrected chi connectivity index (χ0v) is 19.4. The fourth-order valence-electron chi connectivity index (χ4n) is 3.72. The van der Waals surface area contributed by atoms with Crippen LogP contribution in [-0.4, -0.2) is 39.5 Å². The number of carbonyl (C=O) groups is 2. The highest BCUT2D eigenvalue weighted by Gasteiger charge is 2.26. The number of furan rings is 1.